The molecule has 0 aromatic heterocycles. The van der Waals surface area contributed by atoms with Crippen LogP contribution in [-0.2, 0) is 0 Å². The molecule has 14 heavy (non-hydrogen) atoms. The summed E-state index contributed by atoms with van der Waals surface area (Å²) in [6.07, 6.45) is 15.4. The molecular formula is C12H25ClSi. The van der Waals surface area contributed by atoms with Gasteiger partial charge in [-0.1, -0.05) is 64.2 Å². The minimum absolute atomic E-state index is 0.778. The zero-order chi connectivity index (χ0) is 10.2. The number of hydrogen-bond acceptors (Lipinski definition) is 0. The van der Waals surface area contributed by atoms with Crippen LogP contribution >= 0.6 is 11.1 Å². The molecule has 2 saturated carbocycles. The second-order valence-electron chi connectivity index (χ2n) is 4.80. The van der Waals surface area contributed by atoms with Crippen molar-refractivity contribution >= 4 is 20.6 Å². The first kappa shape index (κ1) is 12.6. The molecule has 0 bridgehead atoms. The van der Waals surface area contributed by atoms with Crippen molar-refractivity contribution in [1.29, 1.82) is 0 Å². The van der Waals surface area contributed by atoms with E-state index in [1.54, 1.807) is 25.7 Å². The van der Waals surface area contributed by atoms with Gasteiger partial charge in [0.15, 0.2) is 0 Å². The molecule has 0 saturated heterocycles. The molecule has 0 nitrogen and oxygen atoms in total. The second kappa shape index (κ2) is 7.75. The SMILES string of the molecule is C1CCC(C2CCCCC2)CC1.[SiH3]Cl. The standard InChI is InChI=1S/C12H22.ClH3Si/c1-3-7-11(8-4-1)12-9-5-2-6-10-12;1-2/h11-12H,1-10H2;2H3. The Morgan fingerprint density at radius 1 is 0.571 bits per heavy atom. The molecule has 0 N–H and O–H groups in total. The van der Waals surface area contributed by atoms with Gasteiger partial charge in [0.05, 0.1) is 0 Å². The summed E-state index contributed by atoms with van der Waals surface area (Å²) in [7, 11) is 0.778. The molecule has 0 aliphatic heterocycles. The summed E-state index contributed by atoms with van der Waals surface area (Å²) in [5.41, 5.74) is 0. The van der Waals surface area contributed by atoms with E-state index in [4.69, 9.17) is 11.1 Å². The average Bonchev–Trinajstić information content (AvgIpc) is 2.34. The number of hydrogen-bond donors (Lipinski definition) is 0. The molecular weight excluding hydrogens is 208 g/mol. The van der Waals surface area contributed by atoms with Crippen LogP contribution in [0.5, 0.6) is 0 Å². The maximum atomic E-state index is 4.78. The average molecular weight is 233 g/mol. The van der Waals surface area contributed by atoms with Crippen molar-refractivity contribution < 1.29 is 0 Å². The third kappa shape index (κ3) is 3.94. The maximum Gasteiger partial charge on any atom is 0.109 e. The van der Waals surface area contributed by atoms with Gasteiger partial charge in [-0.3, -0.25) is 0 Å². The second-order valence-corrected chi connectivity index (χ2v) is 4.80. The van der Waals surface area contributed by atoms with Gasteiger partial charge in [-0.15, -0.1) is 0 Å². The normalized spacial score (nSPS) is 25.5. The van der Waals surface area contributed by atoms with Gasteiger partial charge >= 0.3 is 0 Å². The molecule has 0 aromatic rings. The van der Waals surface area contributed by atoms with E-state index in [0.29, 0.717) is 0 Å². The topological polar surface area (TPSA) is 0 Å². The monoisotopic (exact) mass is 232 g/mol. The lowest BCUT2D eigenvalue weighted by Gasteiger charge is -2.32. The summed E-state index contributed by atoms with van der Waals surface area (Å²) in [4.78, 5) is 0. The first-order valence-corrected chi connectivity index (χ1v) is 9.37. The Morgan fingerprint density at radius 2 is 0.857 bits per heavy atom. The van der Waals surface area contributed by atoms with Gasteiger partial charge in [0.2, 0.25) is 0 Å². The van der Waals surface area contributed by atoms with E-state index in [9.17, 15) is 0 Å². The third-order valence-corrected chi connectivity index (χ3v) is 3.97. The van der Waals surface area contributed by atoms with E-state index in [2.05, 4.69) is 0 Å². The lowest BCUT2D eigenvalue weighted by Crippen LogP contribution is -2.20. The summed E-state index contributed by atoms with van der Waals surface area (Å²) in [6.45, 7) is 0. The van der Waals surface area contributed by atoms with Crippen molar-refractivity contribution in [1.82, 2.24) is 0 Å². The first-order chi connectivity index (χ1) is 6.97. The fourth-order valence-electron chi connectivity index (χ4n) is 3.21. The molecule has 2 aliphatic rings. The van der Waals surface area contributed by atoms with Crippen molar-refractivity contribution in [3.8, 4) is 0 Å². The Kier molecular flexibility index (Phi) is 6.97. The van der Waals surface area contributed by atoms with Gasteiger partial charge in [-0.25, -0.2) is 0 Å². The lowest BCUT2D eigenvalue weighted by atomic mass is 9.73. The lowest BCUT2D eigenvalue weighted by molar-refractivity contribution is 0.196. The van der Waals surface area contributed by atoms with Crippen LogP contribution in [0.1, 0.15) is 64.2 Å². The van der Waals surface area contributed by atoms with Crippen molar-refractivity contribution in [2.45, 2.75) is 64.2 Å². The van der Waals surface area contributed by atoms with E-state index in [1.165, 1.54) is 38.5 Å². The summed E-state index contributed by atoms with van der Waals surface area (Å²) in [6, 6.07) is 0. The molecule has 84 valence electrons. The van der Waals surface area contributed by atoms with E-state index < -0.39 is 0 Å². The summed E-state index contributed by atoms with van der Waals surface area (Å²) < 4.78 is 0. The largest absolute Gasteiger partial charge is 0.181 e. The minimum Gasteiger partial charge on any atom is -0.181 e. The van der Waals surface area contributed by atoms with Crippen LogP contribution in [0.15, 0.2) is 0 Å². The van der Waals surface area contributed by atoms with Crippen LogP contribution in [0, 0.1) is 11.8 Å². The highest BCUT2D eigenvalue weighted by atomic mass is 35.6. The van der Waals surface area contributed by atoms with E-state index in [1.807, 2.05) is 0 Å². The molecule has 0 atom stereocenters. The third-order valence-electron chi connectivity index (χ3n) is 3.97. The van der Waals surface area contributed by atoms with Crippen LogP contribution in [0.2, 0.25) is 0 Å². The zero-order valence-electron chi connectivity index (χ0n) is 9.60. The Balaban J connectivity index is 0.000000461. The number of rotatable bonds is 1. The fourth-order valence-corrected chi connectivity index (χ4v) is 3.21. The highest BCUT2D eigenvalue weighted by Crippen LogP contribution is 2.37. The Bertz CT molecular complexity index is 110. The van der Waals surface area contributed by atoms with Crippen LogP contribution in [0.25, 0.3) is 0 Å². The maximum absolute atomic E-state index is 4.78. The molecule has 0 unspecified atom stereocenters. The molecule has 0 aromatic carbocycles. The van der Waals surface area contributed by atoms with Gasteiger partial charge in [-0.2, -0.15) is 11.1 Å². The molecule has 2 rings (SSSR count). The highest BCUT2D eigenvalue weighted by molar-refractivity contribution is 6.80. The Hall–Kier alpha value is 0.507. The smallest absolute Gasteiger partial charge is 0.109 e. The van der Waals surface area contributed by atoms with E-state index >= 15 is 0 Å². The van der Waals surface area contributed by atoms with E-state index in [-0.39, 0.29) is 0 Å². The van der Waals surface area contributed by atoms with Crippen molar-refractivity contribution in [2.24, 2.45) is 11.8 Å². The van der Waals surface area contributed by atoms with Crippen LogP contribution in [0.3, 0.4) is 0 Å². The predicted octanol–water partition coefficient (Wildman–Crippen LogP) is 3.65. The van der Waals surface area contributed by atoms with Crippen LogP contribution in [-0.4, -0.2) is 9.55 Å². The van der Waals surface area contributed by atoms with Gasteiger partial charge < -0.3 is 0 Å². The van der Waals surface area contributed by atoms with Crippen LogP contribution < -0.4 is 0 Å². The Morgan fingerprint density at radius 3 is 1.14 bits per heavy atom. The fraction of sp³-hybridized carbons (Fsp3) is 1.00. The summed E-state index contributed by atoms with van der Waals surface area (Å²) in [5.74, 6) is 2.28. The predicted molar refractivity (Wildman–Crippen MR) is 68.9 cm³/mol. The molecule has 0 amide bonds. The Labute approximate surface area is 96.9 Å². The van der Waals surface area contributed by atoms with Crippen LogP contribution in [0.4, 0.5) is 0 Å². The molecule has 2 heteroatoms. The molecule has 0 spiro atoms. The molecule has 2 aliphatic carbocycles. The first-order valence-electron chi connectivity index (χ1n) is 6.34. The zero-order valence-corrected chi connectivity index (χ0v) is 12.4. The van der Waals surface area contributed by atoms with Gasteiger partial charge in [0.25, 0.3) is 0 Å². The van der Waals surface area contributed by atoms with Crippen molar-refractivity contribution in [3.63, 3.8) is 0 Å². The van der Waals surface area contributed by atoms with E-state index in [0.717, 1.165) is 21.4 Å². The summed E-state index contributed by atoms with van der Waals surface area (Å²) in [5, 5.41) is 0. The van der Waals surface area contributed by atoms with Gasteiger partial charge in [0, 0.05) is 0 Å². The van der Waals surface area contributed by atoms with Gasteiger partial charge in [0.1, 0.15) is 9.55 Å². The quantitative estimate of drug-likeness (QED) is 0.478. The molecule has 0 radical (unpaired) electrons. The minimum atomic E-state index is 0.778. The summed E-state index contributed by atoms with van der Waals surface area (Å²) >= 11 is 4.78. The van der Waals surface area contributed by atoms with Gasteiger partial charge in [-0.05, 0) is 11.8 Å². The highest BCUT2D eigenvalue weighted by Gasteiger charge is 2.24. The number of halogens is 1. The van der Waals surface area contributed by atoms with Crippen molar-refractivity contribution in [2.75, 3.05) is 0 Å². The molecule has 0 heterocycles. The molecule has 2 fully saturated rings. The van der Waals surface area contributed by atoms with Crippen molar-refractivity contribution in [3.05, 3.63) is 0 Å².